The van der Waals surface area contributed by atoms with Gasteiger partial charge in [-0.2, -0.15) is 0 Å². The van der Waals surface area contributed by atoms with Crippen LogP contribution in [0, 0.1) is 17.5 Å². The summed E-state index contributed by atoms with van der Waals surface area (Å²) in [6.45, 7) is 6.90. The fourth-order valence-electron chi connectivity index (χ4n) is 4.22. The molecule has 0 bridgehead atoms. The van der Waals surface area contributed by atoms with Crippen molar-refractivity contribution < 1.29 is 32.5 Å². The Morgan fingerprint density at radius 2 is 1.87 bits per heavy atom. The van der Waals surface area contributed by atoms with Gasteiger partial charge in [0, 0.05) is 12.0 Å². The van der Waals surface area contributed by atoms with Gasteiger partial charge >= 0.3 is 0 Å². The van der Waals surface area contributed by atoms with Crippen molar-refractivity contribution >= 4 is 11.6 Å². The Morgan fingerprint density at radius 1 is 1.10 bits per heavy atom. The van der Waals surface area contributed by atoms with E-state index in [2.05, 4.69) is 17.4 Å². The second-order valence-corrected chi connectivity index (χ2v) is 8.06. The molecule has 4 rings (SSSR count). The van der Waals surface area contributed by atoms with Crippen molar-refractivity contribution in [3.8, 4) is 5.75 Å². The molecule has 2 aromatic rings. The molecule has 2 aliphatic rings. The highest BCUT2D eigenvalue weighted by atomic mass is 19.2. The van der Waals surface area contributed by atoms with Gasteiger partial charge in [-0.3, -0.25) is 4.79 Å². The quantitative estimate of drug-likeness (QED) is 0.611. The van der Waals surface area contributed by atoms with Crippen molar-refractivity contribution in [3.05, 3.63) is 58.9 Å². The van der Waals surface area contributed by atoms with Crippen molar-refractivity contribution in [3.63, 3.8) is 0 Å². The first kappa shape index (κ1) is 20.7. The maximum absolute atomic E-state index is 13.8. The van der Waals surface area contributed by atoms with Crippen LogP contribution in [0.5, 0.6) is 5.75 Å². The molecule has 1 fully saturated rings. The molecule has 2 aliphatic heterocycles. The Balaban J connectivity index is 1.30. The summed E-state index contributed by atoms with van der Waals surface area (Å²) in [6, 6.07) is 7.80. The summed E-state index contributed by atoms with van der Waals surface area (Å²) < 4.78 is 45.8. The number of fused-ring (bicyclic) bond motifs is 1. The van der Waals surface area contributed by atoms with Crippen LogP contribution in [-0.4, -0.2) is 44.7 Å². The molecule has 30 heavy (non-hydrogen) atoms. The normalized spacial score (nSPS) is 21.6. The second-order valence-electron chi connectivity index (χ2n) is 8.06. The van der Waals surface area contributed by atoms with Gasteiger partial charge in [-0.1, -0.05) is 0 Å². The summed E-state index contributed by atoms with van der Waals surface area (Å²) in [7, 11) is 0. The molecule has 2 aromatic carbocycles. The highest BCUT2D eigenvalue weighted by Crippen LogP contribution is 2.25. The van der Waals surface area contributed by atoms with E-state index in [1.807, 2.05) is 6.07 Å². The first-order valence-corrected chi connectivity index (χ1v) is 10.3. The number of halogens is 3. The number of ether oxygens (including phenoxy) is 1. The van der Waals surface area contributed by atoms with E-state index < -0.39 is 29.4 Å². The van der Waals surface area contributed by atoms with E-state index in [1.54, 1.807) is 6.92 Å². The Bertz CT molecular complexity index is 945. The summed E-state index contributed by atoms with van der Waals surface area (Å²) in [4.78, 5) is 15.1. The van der Waals surface area contributed by atoms with Gasteiger partial charge < -0.3 is 19.9 Å². The average Bonchev–Trinajstić information content (AvgIpc) is 3.22. The van der Waals surface area contributed by atoms with Gasteiger partial charge in [-0.25, -0.2) is 13.2 Å². The predicted octanol–water partition coefficient (Wildman–Crippen LogP) is 0.349. The van der Waals surface area contributed by atoms with E-state index in [-0.39, 0.29) is 5.69 Å². The molecule has 2 heterocycles. The maximum Gasteiger partial charge on any atom is 0.282 e. The lowest BCUT2D eigenvalue weighted by atomic mass is 10.1. The third kappa shape index (κ3) is 4.29. The summed E-state index contributed by atoms with van der Waals surface area (Å²) in [5.74, 6) is -3.65. The smallest absolute Gasteiger partial charge is 0.282 e. The van der Waals surface area contributed by atoms with E-state index in [4.69, 9.17) is 4.74 Å². The van der Waals surface area contributed by atoms with E-state index in [1.165, 1.54) is 16.0 Å². The minimum Gasteiger partial charge on any atom is -0.493 e. The number of quaternary nitrogens is 2. The Morgan fingerprint density at radius 3 is 2.63 bits per heavy atom. The number of hydrogen-bond acceptors (Lipinski definition) is 2. The first-order valence-electron chi connectivity index (χ1n) is 10.3. The van der Waals surface area contributed by atoms with Crippen molar-refractivity contribution in [2.45, 2.75) is 25.9 Å². The lowest BCUT2D eigenvalue weighted by Crippen LogP contribution is -3.29. The Labute approximate surface area is 173 Å². The van der Waals surface area contributed by atoms with Gasteiger partial charge in [-0.15, -0.1) is 0 Å². The molecule has 3 N–H and O–H groups in total. The third-order valence-corrected chi connectivity index (χ3v) is 6.11. The molecule has 160 valence electrons. The molecule has 5 nitrogen and oxygen atoms in total. The summed E-state index contributed by atoms with van der Waals surface area (Å²) >= 11 is 0. The number of amides is 1. The van der Waals surface area contributed by atoms with Crippen LogP contribution in [-0.2, 0) is 17.8 Å². The number of benzene rings is 2. The lowest BCUT2D eigenvalue weighted by molar-refractivity contribution is -1.02. The van der Waals surface area contributed by atoms with Crippen molar-refractivity contribution in [1.29, 1.82) is 0 Å². The number of carbonyl (C=O) groups excluding carboxylic acids is 1. The average molecular weight is 421 g/mol. The van der Waals surface area contributed by atoms with Gasteiger partial charge in [0.15, 0.2) is 23.5 Å². The molecular weight excluding hydrogens is 395 g/mol. The summed E-state index contributed by atoms with van der Waals surface area (Å²) in [5, 5.41) is 2.39. The molecule has 0 saturated carbocycles. The van der Waals surface area contributed by atoms with Gasteiger partial charge in [0.25, 0.3) is 5.91 Å². The minimum atomic E-state index is -1.58. The van der Waals surface area contributed by atoms with Crippen LogP contribution in [0.4, 0.5) is 18.9 Å². The number of rotatable bonds is 5. The molecular formula is C22H26F3N3O2+2. The number of piperazine rings is 1. The SMILES string of the molecule is C[C@H](C(=O)Nc1ccc(F)c(F)c1F)[NH+]1CC[NH+](Cc2ccc3c(c2)CCO3)CC1. The Hall–Kier alpha value is -2.58. The van der Waals surface area contributed by atoms with Crippen LogP contribution in [0.1, 0.15) is 18.1 Å². The van der Waals surface area contributed by atoms with Crippen molar-refractivity contribution in [2.24, 2.45) is 0 Å². The van der Waals surface area contributed by atoms with E-state index >= 15 is 0 Å². The molecule has 1 saturated heterocycles. The number of carbonyl (C=O) groups is 1. The zero-order valence-corrected chi connectivity index (χ0v) is 16.9. The van der Waals surface area contributed by atoms with Crippen LogP contribution < -0.4 is 19.9 Å². The van der Waals surface area contributed by atoms with Crippen LogP contribution in [0.2, 0.25) is 0 Å². The topological polar surface area (TPSA) is 47.2 Å². The van der Waals surface area contributed by atoms with E-state index in [0.29, 0.717) is 0 Å². The number of anilines is 1. The monoisotopic (exact) mass is 421 g/mol. The summed E-state index contributed by atoms with van der Waals surface area (Å²) in [6.07, 6.45) is 0.960. The van der Waals surface area contributed by atoms with Crippen LogP contribution in [0.25, 0.3) is 0 Å². The molecule has 0 aliphatic carbocycles. The van der Waals surface area contributed by atoms with Crippen LogP contribution in [0.3, 0.4) is 0 Å². The fourth-order valence-corrected chi connectivity index (χ4v) is 4.22. The Kier molecular flexibility index (Phi) is 5.97. The standard InChI is InChI=1S/C22H24F3N3O2/c1-14(22(29)26-18-4-3-17(23)20(24)21(18)25)28-9-7-27(8-10-28)13-15-2-5-19-16(12-15)6-11-30-19/h2-5,12,14H,6-11,13H2,1H3,(H,26,29)/p+2/t14-/m1/s1. The molecule has 1 atom stereocenters. The lowest BCUT2D eigenvalue weighted by Gasteiger charge is -2.32. The zero-order chi connectivity index (χ0) is 21.3. The van der Waals surface area contributed by atoms with Crippen molar-refractivity contribution in [1.82, 2.24) is 0 Å². The van der Waals surface area contributed by atoms with Crippen LogP contribution in [0.15, 0.2) is 30.3 Å². The predicted molar refractivity (Wildman–Crippen MR) is 105 cm³/mol. The van der Waals surface area contributed by atoms with Gasteiger partial charge in [0.05, 0.1) is 12.3 Å². The number of hydrogen-bond donors (Lipinski definition) is 3. The molecule has 0 aromatic heterocycles. The largest absolute Gasteiger partial charge is 0.493 e. The third-order valence-electron chi connectivity index (χ3n) is 6.11. The maximum atomic E-state index is 13.8. The van der Waals surface area contributed by atoms with Crippen LogP contribution >= 0.6 is 0 Å². The molecule has 0 unspecified atom stereocenters. The van der Waals surface area contributed by atoms with Gasteiger partial charge in [0.2, 0.25) is 0 Å². The van der Waals surface area contributed by atoms with E-state index in [9.17, 15) is 18.0 Å². The highest BCUT2D eigenvalue weighted by Gasteiger charge is 2.32. The van der Waals surface area contributed by atoms with Gasteiger partial charge in [-0.05, 0) is 42.8 Å². The first-order chi connectivity index (χ1) is 14.4. The molecule has 8 heteroatoms. The highest BCUT2D eigenvalue weighted by molar-refractivity contribution is 5.93. The second kappa shape index (κ2) is 8.65. The molecule has 0 spiro atoms. The molecule has 1 amide bonds. The zero-order valence-electron chi connectivity index (χ0n) is 16.9. The van der Waals surface area contributed by atoms with Gasteiger partial charge in [0.1, 0.15) is 38.5 Å². The number of nitrogens with one attached hydrogen (secondary N) is 3. The molecule has 0 radical (unpaired) electrons. The summed E-state index contributed by atoms with van der Waals surface area (Å²) in [5.41, 5.74) is 2.22. The fraction of sp³-hybridized carbons (Fsp3) is 0.409. The minimum absolute atomic E-state index is 0.338. The van der Waals surface area contributed by atoms with E-state index in [0.717, 1.165) is 68.5 Å². The van der Waals surface area contributed by atoms with Crippen molar-refractivity contribution in [2.75, 3.05) is 38.1 Å².